The fourth-order valence-electron chi connectivity index (χ4n) is 9.12. The van der Waals surface area contributed by atoms with Gasteiger partial charge in [0.1, 0.15) is 0 Å². The van der Waals surface area contributed by atoms with Gasteiger partial charge in [0.25, 0.3) is 0 Å². The lowest BCUT2D eigenvalue weighted by molar-refractivity contribution is 1.30. The molecule has 0 saturated carbocycles. The zero-order valence-electron chi connectivity index (χ0n) is 32.3. The van der Waals surface area contributed by atoms with Crippen LogP contribution in [0.2, 0.25) is 0 Å². The predicted molar refractivity (Wildman–Crippen MR) is 249 cm³/mol. The molecule has 0 N–H and O–H groups in total. The van der Waals surface area contributed by atoms with E-state index in [1.54, 1.807) is 6.07 Å². The molecule has 2 aliphatic heterocycles. The molecule has 0 aromatic heterocycles. The molecule has 8 aromatic carbocycles. The molecule has 5 heteroatoms. The second kappa shape index (κ2) is 14.6. The van der Waals surface area contributed by atoms with Crippen LogP contribution in [0.5, 0.6) is 0 Å². The number of nitrogens with zero attached hydrogens (tertiary/aromatic N) is 3. The van der Waals surface area contributed by atoms with Crippen LogP contribution in [-0.2, 0) is 0 Å². The van der Waals surface area contributed by atoms with Crippen LogP contribution in [0.25, 0.3) is 45.5 Å². The van der Waals surface area contributed by atoms with Crippen molar-refractivity contribution in [3.8, 4) is 45.5 Å². The van der Waals surface area contributed by atoms with Gasteiger partial charge in [-0.2, -0.15) is 10.5 Å². The van der Waals surface area contributed by atoms with Gasteiger partial charge in [-0.1, -0.05) is 182 Å². The molecule has 8 aromatic rings. The summed E-state index contributed by atoms with van der Waals surface area (Å²) in [6.07, 6.45) is 3.73. The van der Waals surface area contributed by atoms with E-state index in [9.17, 15) is 10.5 Å². The third-order valence-corrected chi connectivity index (χ3v) is 12.0. The van der Waals surface area contributed by atoms with Gasteiger partial charge in [0, 0.05) is 17.1 Å². The fraction of sp³-hybridized carbons (Fsp3) is 0. The van der Waals surface area contributed by atoms with Crippen molar-refractivity contribution in [3.05, 3.63) is 211 Å². The molecule has 10 rings (SSSR count). The van der Waals surface area contributed by atoms with E-state index in [4.69, 9.17) is 0 Å². The smallest absolute Gasteiger partial charge is 0.246 e. The summed E-state index contributed by atoms with van der Waals surface area (Å²) in [4.78, 5) is 2.46. The number of fused-ring (bicyclic) bond motifs is 4. The molecule has 0 aliphatic carbocycles. The van der Waals surface area contributed by atoms with E-state index in [0.29, 0.717) is 11.1 Å². The first-order valence-electron chi connectivity index (χ1n) is 19.8. The van der Waals surface area contributed by atoms with E-state index in [1.807, 2.05) is 24.3 Å². The van der Waals surface area contributed by atoms with E-state index in [1.165, 1.54) is 38.5 Å². The lowest BCUT2D eigenvalue weighted by Gasteiger charge is -2.44. The third-order valence-electron chi connectivity index (χ3n) is 12.0. The molecule has 0 radical (unpaired) electrons. The molecule has 0 spiro atoms. The van der Waals surface area contributed by atoms with E-state index < -0.39 is 0 Å². The second-order valence-corrected chi connectivity index (χ2v) is 15.2. The maximum Gasteiger partial charge on any atom is 0.246 e. The van der Waals surface area contributed by atoms with Crippen molar-refractivity contribution < 1.29 is 0 Å². The first-order chi connectivity index (χ1) is 29.0. The first-order valence-corrected chi connectivity index (χ1v) is 19.8. The van der Waals surface area contributed by atoms with Gasteiger partial charge in [0.05, 0.1) is 23.3 Å². The summed E-state index contributed by atoms with van der Waals surface area (Å²) >= 11 is 0. The van der Waals surface area contributed by atoms with Gasteiger partial charge in [-0.3, -0.25) is 0 Å². The van der Waals surface area contributed by atoms with Gasteiger partial charge < -0.3 is 4.90 Å². The molecule has 0 saturated heterocycles. The van der Waals surface area contributed by atoms with Gasteiger partial charge in [-0.05, 0) is 96.7 Å². The maximum absolute atomic E-state index is 10.1. The molecule has 0 atom stereocenters. The molecule has 0 amide bonds. The van der Waals surface area contributed by atoms with Gasteiger partial charge in [0.15, 0.2) is 0 Å². The Bertz CT molecular complexity index is 2840. The van der Waals surface area contributed by atoms with Crippen molar-refractivity contribution >= 4 is 75.4 Å². The largest absolute Gasteiger partial charge is 0.313 e. The van der Waals surface area contributed by atoms with E-state index in [0.717, 1.165) is 55.9 Å². The molecular weight excluding hydrogens is 712 g/mol. The zero-order chi connectivity index (χ0) is 40.0. The number of rotatable bonds is 7. The molecule has 0 fully saturated rings. The van der Waals surface area contributed by atoms with Crippen LogP contribution < -0.4 is 37.7 Å². The molecular formula is C54H35B2N3. The Morgan fingerprint density at radius 2 is 0.780 bits per heavy atom. The topological polar surface area (TPSA) is 50.8 Å². The lowest BCUT2D eigenvalue weighted by atomic mass is 9.30. The van der Waals surface area contributed by atoms with Crippen molar-refractivity contribution in [2.75, 3.05) is 4.90 Å². The summed E-state index contributed by atoms with van der Waals surface area (Å²) in [6.45, 7) is 7.66. The number of hydrogen-bond donors (Lipinski definition) is 0. The Morgan fingerprint density at radius 1 is 0.407 bits per heavy atom. The maximum atomic E-state index is 10.1. The normalized spacial score (nSPS) is 12.1. The summed E-state index contributed by atoms with van der Waals surface area (Å²) in [5.41, 5.74) is 20.2. The molecule has 0 unspecified atom stereocenters. The SMILES string of the molecule is C=Cc1ccc(-c2ccc(B3c4ccccc4N4c5ccccc5B(c5ccc(-c6ccc(C=C)cc6)cc5)c5cc(-c6cc(C#N)cc(C#N)c6)cc3c54)cc2)cc1. The summed E-state index contributed by atoms with van der Waals surface area (Å²) in [6, 6.07) is 67.2. The second-order valence-electron chi connectivity index (χ2n) is 15.2. The van der Waals surface area contributed by atoms with Crippen molar-refractivity contribution in [1.29, 1.82) is 10.5 Å². The minimum atomic E-state index is -0.0882. The molecule has 2 aliphatic rings. The van der Waals surface area contributed by atoms with E-state index >= 15 is 0 Å². The predicted octanol–water partition coefficient (Wildman–Crippen LogP) is 8.85. The summed E-state index contributed by atoms with van der Waals surface area (Å²) in [7, 11) is 0. The Labute approximate surface area is 346 Å². The Hall–Kier alpha value is -7.85. The van der Waals surface area contributed by atoms with Crippen LogP contribution in [0.3, 0.4) is 0 Å². The van der Waals surface area contributed by atoms with Crippen LogP contribution >= 0.6 is 0 Å². The van der Waals surface area contributed by atoms with Crippen LogP contribution in [-0.4, -0.2) is 13.4 Å². The fourth-order valence-corrected chi connectivity index (χ4v) is 9.12. The van der Waals surface area contributed by atoms with Gasteiger partial charge in [-0.15, -0.1) is 0 Å². The Kier molecular flexibility index (Phi) is 8.79. The molecule has 272 valence electrons. The molecule has 59 heavy (non-hydrogen) atoms. The molecule has 3 nitrogen and oxygen atoms in total. The third kappa shape index (κ3) is 6.09. The minimum absolute atomic E-state index is 0.0882. The molecule has 0 bridgehead atoms. The van der Waals surface area contributed by atoms with Crippen molar-refractivity contribution in [3.63, 3.8) is 0 Å². The number of para-hydroxylation sites is 2. The van der Waals surface area contributed by atoms with E-state index in [-0.39, 0.29) is 13.4 Å². The van der Waals surface area contributed by atoms with Crippen molar-refractivity contribution in [2.45, 2.75) is 0 Å². The van der Waals surface area contributed by atoms with Crippen molar-refractivity contribution in [2.24, 2.45) is 0 Å². The molecule has 2 heterocycles. The van der Waals surface area contributed by atoms with Crippen LogP contribution in [0, 0.1) is 22.7 Å². The number of benzene rings is 8. The highest BCUT2D eigenvalue weighted by Crippen LogP contribution is 2.39. The quantitative estimate of drug-likeness (QED) is 0.153. The van der Waals surface area contributed by atoms with Gasteiger partial charge in [0.2, 0.25) is 13.4 Å². The van der Waals surface area contributed by atoms with Gasteiger partial charge >= 0.3 is 0 Å². The van der Waals surface area contributed by atoms with Crippen LogP contribution in [0.4, 0.5) is 17.1 Å². The van der Waals surface area contributed by atoms with E-state index in [2.05, 4.69) is 188 Å². The Balaban J connectivity index is 1.21. The van der Waals surface area contributed by atoms with Crippen molar-refractivity contribution in [1.82, 2.24) is 0 Å². The van der Waals surface area contributed by atoms with Crippen LogP contribution in [0.15, 0.2) is 189 Å². The van der Waals surface area contributed by atoms with Gasteiger partial charge in [-0.25, -0.2) is 0 Å². The van der Waals surface area contributed by atoms with Crippen LogP contribution in [0.1, 0.15) is 22.3 Å². The number of hydrogen-bond acceptors (Lipinski definition) is 3. The zero-order valence-corrected chi connectivity index (χ0v) is 32.3. The highest BCUT2D eigenvalue weighted by Gasteiger charge is 2.43. The Morgan fingerprint density at radius 3 is 1.17 bits per heavy atom. The summed E-state index contributed by atoms with van der Waals surface area (Å²) in [5.74, 6) is 0. The summed E-state index contributed by atoms with van der Waals surface area (Å²) in [5, 5.41) is 20.1. The average molecular weight is 748 g/mol. The highest BCUT2D eigenvalue weighted by atomic mass is 15.2. The lowest BCUT2D eigenvalue weighted by Crippen LogP contribution is -2.65. The summed E-state index contributed by atoms with van der Waals surface area (Å²) < 4.78 is 0. The first kappa shape index (κ1) is 35.6. The number of anilines is 3. The standard InChI is InChI=1S/C54H35B2N3/c1-3-36-13-17-40(18-14-36)42-21-25-46(26-22-42)55-48-9-5-7-11-52(48)59-53-12-8-6-10-49(53)56(47-27-23-43(24-28-47)41-19-15-37(4-2)16-20-41)51-33-45(32-50(55)54(51)59)44-30-38(34-57)29-39(31-44)35-58/h3-33H,1-2H2. The monoisotopic (exact) mass is 747 g/mol. The number of nitriles is 2. The highest BCUT2D eigenvalue weighted by molar-refractivity contribution is 7.02. The average Bonchev–Trinajstić information content (AvgIpc) is 3.31. The minimum Gasteiger partial charge on any atom is -0.313 e.